The summed E-state index contributed by atoms with van der Waals surface area (Å²) in [4.78, 5) is 2.28. The van der Waals surface area contributed by atoms with Gasteiger partial charge in [0, 0.05) is 19.1 Å². The van der Waals surface area contributed by atoms with Crippen molar-refractivity contribution in [2.75, 3.05) is 20.2 Å². The molecule has 1 heterocycles. The molecule has 2 unspecified atom stereocenters. The number of methoxy groups -OCH3 is 1. The molecule has 4 nitrogen and oxygen atoms in total. The highest BCUT2D eigenvalue weighted by atomic mass is 19.3. The van der Waals surface area contributed by atoms with E-state index in [0.29, 0.717) is 18.2 Å². The molecule has 1 saturated heterocycles. The second-order valence-electron chi connectivity index (χ2n) is 5.53. The van der Waals surface area contributed by atoms with Gasteiger partial charge in [0.2, 0.25) is 0 Å². The number of rotatable bonds is 5. The largest absolute Gasteiger partial charge is 0.493 e. The predicted octanol–water partition coefficient (Wildman–Crippen LogP) is 2.47. The molecule has 2 atom stereocenters. The Bertz CT molecular complexity index is 471. The van der Waals surface area contributed by atoms with E-state index in [4.69, 9.17) is 10.5 Å². The van der Waals surface area contributed by atoms with Gasteiger partial charge in [-0.25, -0.2) is 0 Å². The normalized spacial score (nSPS) is 23.3. The Balaban J connectivity index is 2.06. The van der Waals surface area contributed by atoms with Gasteiger partial charge in [-0.1, -0.05) is 13.0 Å². The van der Waals surface area contributed by atoms with Crippen LogP contribution in [0.1, 0.15) is 18.9 Å². The summed E-state index contributed by atoms with van der Waals surface area (Å²) >= 11 is 0. The van der Waals surface area contributed by atoms with Crippen molar-refractivity contribution in [1.29, 1.82) is 0 Å². The van der Waals surface area contributed by atoms with Crippen LogP contribution in [0.2, 0.25) is 0 Å². The van der Waals surface area contributed by atoms with Crippen LogP contribution in [0.3, 0.4) is 0 Å². The standard InChI is InChI=1S/C15H22F2N2O2/c1-10-8-19(6-5-12(10)18)9-11-3-4-13(20-2)14(7-11)21-15(16)17/h3-4,7,10,12,15H,5-6,8-9,18H2,1-2H3. The monoisotopic (exact) mass is 300 g/mol. The van der Waals surface area contributed by atoms with Gasteiger partial charge >= 0.3 is 6.61 Å². The Morgan fingerprint density at radius 2 is 2.14 bits per heavy atom. The van der Waals surface area contributed by atoms with E-state index in [9.17, 15) is 8.78 Å². The molecule has 0 radical (unpaired) electrons. The van der Waals surface area contributed by atoms with Crippen LogP contribution in [-0.4, -0.2) is 37.8 Å². The summed E-state index contributed by atoms with van der Waals surface area (Å²) in [5.41, 5.74) is 6.93. The van der Waals surface area contributed by atoms with Crippen LogP contribution in [0.5, 0.6) is 11.5 Å². The van der Waals surface area contributed by atoms with Gasteiger partial charge in [-0.3, -0.25) is 4.90 Å². The molecule has 0 spiro atoms. The third-order valence-electron chi connectivity index (χ3n) is 3.91. The number of nitrogens with zero attached hydrogens (tertiary/aromatic N) is 1. The van der Waals surface area contributed by atoms with Crippen molar-refractivity contribution >= 4 is 0 Å². The fourth-order valence-electron chi connectivity index (χ4n) is 2.66. The summed E-state index contributed by atoms with van der Waals surface area (Å²) < 4.78 is 34.4. The van der Waals surface area contributed by atoms with Crippen LogP contribution in [0.4, 0.5) is 8.78 Å². The van der Waals surface area contributed by atoms with Gasteiger partial charge in [0.25, 0.3) is 0 Å². The van der Waals surface area contributed by atoms with E-state index in [-0.39, 0.29) is 11.8 Å². The van der Waals surface area contributed by atoms with Crippen LogP contribution in [0.15, 0.2) is 18.2 Å². The van der Waals surface area contributed by atoms with Crippen molar-refractivity contribution < 1.29 is 18.3 Å². The van der Waals surface area contributed by atoms with Gasteiger partial charge in [0.05, 0.1) is 7.11 Å². The summed E-state index contributed by atoms with van der Waals surface area (Å²) in [5.74, 6) is 0.827. The Kier molecular flexibility index (Phi) is 5.36. The smallest absolute Gasteiger partial charge is 0.387 e. The number of hydrogen-bond donors (Lipinski definition) is 1. The summed E-state index contributed by atoms with van der Waals surface area (Å²) in [6, 6.07) is 5.39. The second-order valence-corrected chi connectivity index (χ2v) is 5.53. The van der Waals surface area contributed by atoms with Gasteiger partial charge in [0.15, 0.2) is 11.5 Å². The molecule has 2 N–H and O–H groups in total. The van der Waals surface area contributed by atoms with Crippen LogP contribution >= 0.6 is 0 Å². The van der Waals surface area contributed by atoms with Gasteiger partial charge in [-0.2, -0.15) is 8.78 Å². The number of halogens is 2. The molecule has 118 valence electrons. The maximum atomic E-state index is 12.4. The lowest BCUT2D eigenvalue weighted by Crippen LogP contribution is -2.45. The molecule has 0 bridgehead atoms. The Morgan fingerprint density at radius 1 is 1.38 bits per heavy atom. The molecule has 21 heavy (non-hydrogen) atoms. The first-order chi connectivity index (χ1) is 9.99. The lowest BCUT2D eigenvalue weighted by molar-refractivity contribution is -0.0512. The molecule has 1 aliphatic heterocycles. The SMILES string of the molecule is COc1ccc(CN2CCC(N)C(C)C2)cc1OC(F)F. The van der Waals surface area contributed by atoms with Gasteiger partial charge < -0.3 is 15.2 Å². The molecule has 0 aliphatic carbocycles. The average Bonchev–Trinajstić information content (AvgIpc) is 2.43. The molecular formula is C15H22F2N2O2. The van der Waals surface area contributed by atoms with E-state index in [0.717, 1.165) is 25.1 Å². The van der Waals surface area contributed by atoms with Gasteiger partial charge in [-0.05, 0) is 36.6 Å². The van der Waals surface area contributed by atoms with Crippen molar-refractivity contribution in [3.63, 3.8) is 0 Å². The van der Waals surface area contributed by atoms with Gasteiger partial charge in [-0.15, -0.1) is 0 Å². The first kappa shape index (κ1) is 16.0. The van der Waals surface area contributed by atoms with Crippen molar-refractivity contribution in [2.24, 2.45) is 11.7 Å². The first-order valence-electron chi connectivity index (χ1n) is 7.09. The molecule has 1 fully saturated rings. The number of benzene rings is 1. The highest BCUT2D eigenvalue weighted by molar-refractivity contribution is 5.43. The van der Waals surface area contributed by atoms with E-state index in [1.54, 1.807) is 12.1 Å². The summed E-state index contributed by atoms with van der Waals surface area (Å²) in [5, 5.41) is 0. The average molecular weight is 300 g/mol. The Labute approximate surface area is 123 Å². The Hall–Kier alpha value is -1.40. The molecular weight excluding hydrogens is 278 g/mol. The maximum absolute atomic E-state index is 12.4. The predicted molar refractivity (Wildman–Crippen MR) is 76.7 cm³/mol. The third kappa shape index (κ3) is 4.28. The van der Waals surface area contributed by atoms with E-state index >= 15 is 0 Å². The molecule has 6 heteroatoms. The van der Waals surface area contributed by atoms with Crippen LogP contribution in [-0.2, 0) is 6.54 Å². The highest BCUT2D eigenvalue weighted by Gasteiger charge is 2.23. The topological polar surface area (TPSA) is 47.7 Å². The lowest BCUT2D eigenvalue weighted by atomic mass is 9.94. The summed E-state index contributed by atoms with van der Waals surface area (Å²) in [7, 11) is 1.43. The van der Waals surface area contributed by atoms with Crippen LogP contribution in [0.25, 0.3) is 0 Å². The van der Waals surface area contributed by atoms with E-state index in [1.165, 1.54) is 7.11 Å². The molecule has 0 aromatic heterocycles. The minimum Gasteiger partial charge on any atom is -0.493 e. The van der Waals surface area contributed by atoms with E-state index in [1.807, 2.05) is 6.07 Å². The number of hydrogen-bond acceptors (Lipinski definition) is 4. The Morgan fingerprint density at radius 3 is 2.76 bits per heavy atom. The number of nitrogens with two attached hydrogens (primary N) is 1. The van der Waals surface area contributed by atoms with E-state index < -0.39 is 6.61 Å². The summed E-state index contributed by atoms with van der Waals surface area (Å²) in [6.45, 7) is 1.81. The van der Waals surface area contributed by atoms with E-state index in [2.05, 4.69) is 16.6 Å². The van der Waals surface area contributed by atoms with Crippen molar-refractivity contribution in [1.82, 2.24) is 4.90 Å². The molecule has 1 aromatic carbocycles. The second kappa shape index (κ2) is 7.04. The number of ether oxygens (including phenoxy) is 2. The van der Waals surface area contributed by atoms with Crippen LogP contribution in [0, 0.1) is 5.92 Å². The van der Waals surface area contributed by atoms with Crippen LogP contribution < -0.4 is 15.2 Å². The highest BCUT2D eigenvalue weighted by Crippen LogP contribution is 2.30. The molecule has 2 rings (SSSR count). The lowest BCUT2D eigenvalue weighted by Gasteiger charge is -2.35. The minimum atomic E-state index is -2.86. The zero-order valence-corrected chi connectivity index (χ0v) is 12.4. The van der Waals surface area contributed by atoms with Crippen molar-refractivity contribution in [3.8, 4) is 11.5 Å². The van der Waals surface area contributed by atoms with Crippen molar-refractivity contribution in [2.45, 2.75) is 32.5 Å². The number of alkyl halides is 2. The molecule has 1 aromatic rings. The summed E-state index contributed by atoms with van der Waals surface area (Å²) in [6.07, 6.45) is 0.956. The number of likely N-dealkylation sites (tertiary alicyclic amines) is 1. The zero-order chi connectivity index (χ0) is 15.4. The van der Waals surface area contributed by atoms with Crippen molar-refractivity contribution in [3.05, 3.63) is 23.8 Å². The first-order valence-corrected chi connectivity index (χ1v) is 7.09. The molecule has 1 aliphatic rings. The fourth-order valence-corrected chi connectivity index (χ4v) is 2.66. The zero-order valence-electron chi connectivity index (χ0n) is 12.4. The minimum absolute atomic E-state index is 0.0757. The molecule has 0 saturated carbocycles. The maximum Gasteiger partial charge on any atom is 0.387 e. The fraction of sp³-hybridized carbons (Fsp3) is 0.600. The van der Waals surface area contributed by atoms with Gasteiger partial charge in [0.1, 0.15) is 0 Å². The number of piperidine rings is 1. The molecule has 0 amide bonds. The quantitative estimate of drug-likeness (QED) is 0.907. The third-order valence-corrected chi connectivity index (χ3v) is 3.91.